The van der Waals surface area contributed by atoms with Crippen LogP contribution in [0.15, 0.2) is 22.9 Å². The fourth-order valence-corrected chi connectivity index (χ4v) is 1.82. The molecule has 1 N–H and O–H groups in total. The molecule has 0 saturated heterocycles. The van der Waals surface area contributed by atoms with Crippen LogP contribution in [0.2, 0.25) is 0 Å². The predicted molar refractivity (Wildman–Crippen MR) is 67.3 cm³/mol. The molecular formula is C13H17N3O2. The zero-order valence-corrected chi connectivity index (χ0v) is 10.9. The van der Waals surface area contributed by atoms with E-state index in [4.69, 9.17) is 9.26 Å². The van der Waals surface area contributed by atoms with Crippen molar-refractivity contribution in [1.29, 1.82) is 0 Å². The summed E-state index contributed by atoms with van der Waals surface area (Å²) in [5.74, 6) is 1.52. The number of pyridine rings is 1. The lowest BCUT2D eigenvalue weighted by molar-refractivity contribution is 0.389. The Morgan fingerprint density at radius 3 is 2.83 bits per heavy atom. The van der Waals surface area contributed by atoms with Crippen molar-refractivity contribution in [2.24, 2.45) is 0 Å². The van der Waals surface area contributed by atoms with Crippen molar-refractivity contribution in [3.63, 3.8) is 0 Å². The lowest BCUT2D eigenvalue weighted by atomic mass is 10.2. The van der Waals surface area contributed by atoms with Crippen molar-refractivity contribution in [1.82, 2.24) is 15.5 Å². The molecule has 0 atom stereocenters. The number of hydrogen-bond donors (Lipinski definition) is 1. The molecule has 2 heterocycles. The Kier molecular flexibility index (Phi) is 3.94. The summed E-state index contributed by atoms with van der Waals surface area (Å²) in [6.45, 7) is 5.28. The average molecular weight is 247 g/mol. The van der Waals surface area contributed by atoms with Gasteiger partial charge >= 0.3 is 0 Å². The van der Waals surface area contributed by atoms with Gasteiger partial charge in [-0.25, -0.2) is 4.98 Å². The third-order valence-corrected chi connectivity index (χ3v) is 2.84. The number of methoxy groups -OCH3 is 1. The molecule has 2 rings (SSSR count). The fraction of sp³-hybridized carbons (Fsp3) is 0.385. The lowest BCUT2D eigenvalue weighted by Crippen LogP contribution is -2.14. The Hall–Kier alpha value is -1.88. The molecule has 0 unspecified atom stereocenters. The van der Waals surface area contributed by atoms with Gasteiger partial charge in [0.05, 0.1) is 12.8 Å². The maximum atomic E-state index is 5.20. The topological polar surface area (TPSA) is 60.2 Å². The number of nitrogens with one attached hydrogen (secondary N) is 1. The highest BCUT2D eigenvalue weighted by molar-refractivity contribution is 5.25. The van der Waals surface area contributed by atoms with E-state index >= 15 is 0 Å². The minimum absolute atomic E-state index is 0.656. The third kappa shape index (κ3) is 2.68. The molecule has 0 saturated carbocycles. The van der Waals surface area contributed by atoms with Crippen molar-refractivity contribution in [2.75, 3.05) is 7.11 Å². The van der Waals surface area contributed by atoms with E-state index in [0.717, 1.165) is 29.1 Å². The van der Waals surface area contributed by atoms with Crippen LogP contribution >= 0.6 is 0 Å². The predicted octanol–water partition coefficient (Wildman–Crippen LogP) is 1.98. The summed E-state index contributed by atoms with van der Waals surface area (Å²) in [5.41, 5.74) is 3.07. The third-order valence-electron chi connectivity index (χ3n) is 2.84. The van der Waals surface area contributed by atoms with E-state index in [0.29, 0.717) is 12.4 Å². The van der Waals surface area contributed by atoms with Crippen LogP contribution in [0, 0.1) is 13.8 Å². The van der Waals surface area contributed by atoms with Crippen molar-refractivity contribution in [3.8, 4) is 5.88 Å². The Morgan fingerprint density at radius 2 is 2.17 bits per heavy atom. The molecule has 96 valence electrons. The normalized spacial score (nSPS) is 10.6. The van der Waals surface area contributed by atoms with Gasteiger partial charge in [-0.05, 0) is 19.9 Å². The van der Waals surface area contributed by atoms with Crippen LogP contribution in [-0.2, 0) is 13.1 Å². The zero-order chi connectivity index (χ0) is 13.0. The standard InChI is InChI=1S/C13H17N3O2/c1-9-12(10(2)18-16-9)8-14-7-11-5-4-6-15-13(11)17-3/h4-6,14H,7-8H2,1-3H3. The van der Waals surface area contributed by atoms with Gasteiger partial charge in [-0.1, -0.05) is 11.2 Å². The highest BCUT2D eigenvalue weighted by atomic mass is 16.5. The van der Waals surface area contributed by atoms with Crippen molar-refractivity contribution in [3.05, 3.63) is 40.9 Å². The van der Waals surface area contributed by atoms with Crippen molar-refractivity contribution >= 4 is 0 Å². The number of nitrogens with zero attached hydrogens (tertiary/aromatic N) is 2. The van der Waals surface area contributed by atoms with Crippen LogP contribution in [0.25, 0.3) is 0 Å². The van der Waals surface area contributed by atoms with Crippen molar-refractivity contribution < 1.29 is 9.26 Å². The molecule has 0 spiro atoms. The molecule has 0 bridgehead atoms. The first-order valence-electron chi connectivity index (χ1n) is 5.82. The van der Waals surface area contributed by atoms with Gasteiger partial charge in [0, 0.05) is 30.4 Å². The summed E-state index contributed by atoms with van der Waals surface area (Å²) in [6, 6.07) is 3.89. The van der Waals surface area contributed by atoms with E-state index in [2.05, 4.69) is 15.5 Å². The zero-order valence-electron chi connectivity index (χ0n) is 10.9. The summed E-state index contributed by atoms with van der Waals surface area (Å²) in [5, 5.41) is 7.26. The van der Waals surface area contributed by atoms with Gasteiger partial charge in [-0.2, -0.15) is 0 Å². The minimum Gasteiger partial charge on any atom is -0.481 e. The molecule has 2 aromatic rings. The van der Waals surface area contributed by atoms with Gasteiger partial charge in [-0.15, -0.1) is 0 Å². The largest absolute Gasteiger partial charge is 0.481 e. The SMILES string of the molecule is COc1ncccc1CNCc1c(C)noc1C. The highest BCUT2D eigenvalue weighted by Crippen LogP contribution is 2.15. The number of aryl methyl sites for hydroxylation is 2. The van der Waals surface area contributed by atoms with E-state index in [1.807, 2.05) is 26.0 Å². The molecule has 5 nitrogen and oxygen atoms in total. The quantitative estimate of drug-likeness (QED) is 0.875. The van der Waals surface area contributed by atoms with Gasteiger partial charge in [0.1, 0.15) is 5.76 Å². The van der Waals surface area contributed by atoms with Gasteiger partial charge in [-0.3, -0.25) is 0 Å². The van der Waals surface area contributed by atoms with E-state index in [9.17, 15) is 0 Å². The fourth-order valence-electron chi connectivity index (χ4n) is 1.82. The van der Waals surface area contributed by atoms with Crippen LogP contribution in [0.5, 0.6) is 5.88 Å². The molecule has 0 aliphatic carbocycles. The first kappa shape index (κ1) is 12.6. The molecule has 0 aliphatic heterocycles. The van der Waals surface area contributed by atoms with Crippen molar-refractivity contribution in [2.45, 2.75) is 26.9 Å². The molecule has 5 heteroatoms. The van der Waals surface area contributed by atoms with Crippen LogP contribution in [0.3, 0.4) is 0 Å². The maximum absolute atomic E-state index is 5.20. The second-order valence-electron chi connectivity index (χ2n) is 4.08. The average Bonchev–Trinajstić information content (AvgIpc) is 2.71. The molecule has 2 aromatic heterocycles. The smallest absolute Gasteiger partial charge is 0.217 e. The van der Waals surface area contributed by atoms with Gasteiger partial charge < -0.3 is 14.6 Å². The molecule has 18 heavy (non-hydrogen) atoms. The molecule has 0 amide bonds. The Balaban J connectivity index is 1.96. The molecular weight excluding hydrogens is 230 g/mol. The second kappa shape index (κ2) is 5.64. The van der Waals surface area contributed by atoms with E-state index in [1.54, 1.807) is 13.3 Å². The maximum Gasteiger partial charge on any atom is 0.217 e. The number of rotatable bonds is 5. The first-order chi connectivity index (χ1) is 8.72. The number of aromatic nitrogens is 2. The minimum atomic E-state index is 0.656. The highest BCUT2D eigenvalue weighted by Gasteiger charge is 2.09. The lowest BCUT2D eigenvalue weighted by Gasteiger charge is -2.08. The summed E-state index contributed by atoms with van der Waals surface area (Å²) >= 11 is 0. The molecule has 0 aliphatic rings. The Bertz CT molecular complexity index is 503. The number of ether oxygens (including phenoxy) is 1. The van der Waals surface area contributed by atoms with Crippen LogP contribution in [0.1, 0.15) is 22.6 Å². The first-order valence-corrected chi connectivity index (χ1v) is 5.82. The summed E-state index contributed by atoms with van der Waals surface area (Å²) < 4.78 is 10.3. The monoisotopic (exact) mass is 247 g/mol. The Morgan fingerprint density at radius 1 is 1.33 bits per heavy atom. The van der Waals surface area contributed by atoms with Gasteiger partial charge in [0.15, 0.2) is 0 Å². The van der Waals surface area contributed by atoms with Gasteiger partial charge in [0.25, 0.3) is 0 Å². The summed E-state index contributed by atoms with van der Waals surface area (Å²) in [4.78, 5) is 4.15. The summed E-state index contributed by atoms with van der Waals surface area (Å²) in [7, 11) is 1.63. The van der Waals surface area contributed by atoms with Gasteiger partial charge in [0.2, 0.25) is 5.88 Å². The number of hydrogen-bond acceptors (Lipinski definition) is 5. The van der Waals surface area contributed by atoms with Crippen LogP contribution < -0.4 is 10.1 Å². The van der Waals surface area contributed by atoms with Crippen LogP contribution in [-0.4, -0.2) is 17.3 Å². The van der Waals surface area contributed by atoms with Crippen LogP contribution in [0.4, 0.5) is 0 Å². The molecule has 0 aromatic carbocycles. The molecule has 0 radical (unpaired) electrons. The van der Waals surface area contributed by atoms with E-state index in [-0.39, 0.29) is 0 Å². The molecule has 0 fully saturated rings. The van der Waals surface area contributed by atoms with E-state index < -0.39 is 0 Å². The summed E-state index contributed by atoms with van der Waals surface area (Å²) in [6.07, 6.45) is 1.72. The second-order valence-corrected chi connectivity index (χ2v) is 4.08. The Labute approximate surface area is 106 Å². The van der Waals surface area contributed by atoms with E-state index in [1.165, 1.54) is 0 Å².